The number of hydrogen-bond acceptors (Lipinski definition) is 6. The second-order valence-electron chi connectivity index (χ2n) is 8.00. The quantitative estimate of drug-likeness (QED) is 0.148. The fraction of sp³-hybridized carbons (Fsp3) is 0.875. The van der Waals surface area contributed by atoms with Crippen LogP contribution in [0, 0.1) is 0 Å². The lowest BCUT2D eigenvalue weighted by atomic mass is 10.1. The molecule has 1 atom stereocenters. The Kier molecular flexibility index (Phi) is 20.2. The Balaban J connectivity index is 4.36. The Bertz CT molecular complexity index is 469. The summed E-state index contributed by atoms with van der Waals surface area (Å²) < 4.78 is 15.8. The predicted octanol–water partition coefficient (Wildman–Crippen LogP) is 5.69. The van der Waals surface area contributed by atoms with E-state index in [0.29, 0.717) is 19.4 Å². The van der Waals surface area contributed by atoms with Gasteiger partial charge in [-0.3, -0.25) is 9.59 Å². The van der Waals surface area contributed by atoms with Gasteiger partial charge in [0.1, 0.15) is 13.2 Å². The smallest absolute Gasteiger partial charge is 0.407 e. The van der Waals surface area contributed by atoms with Gasteiger partial charge in [-0.15, -0.1) is 0 Å². The molecule has 7 heteroatoms. The first-order chi connectivity index (χ1) is 15.0. The molecule has 0 fully saturated rings. The summed E-state index contributed by atoms with van der Waals surface area (Å²) in [7, 11) is 0. The highest BCUT2D eigenvalue weighted by Crippen LogP contribution is 2.09. The molecule has 0 aromatic carbocycles. The Labute approximate surface area is 189 Å². The van der Waals surface area contributed by atoms with Crippen molar-refractivity contribution in [2.24, 2.45) is 0 Å². The normalized spacial score (nSPS) is 11.6. The molecule has 31 heavy (non-hydrogen) atoms. The van der Waals surface area contributed by atoms with Crippen LogP contribution in [0.25, 0.3) is 0 Å². The Morgan fingerprint density at radius 3 is 1.74 bits per heavy atom. The highest BCUT2D eigenvalue weighted by atomic mass is 16.6. The summed E-state index contributed by atoms with van der Waals surface area (Å²) in [5, 5.41) is 2.65. The van der Waals surface area contributed by atoms with Crippen molar-refractivity contribution in [1.82, 2.24) is 5.32 Å². The summed E-state index contributed by atoms with van der Waals surface area (Å²) in [4.78, 5) is 35.9. The summed E-state index contributed by atoms with van der Waals surface area (Å²) >= 11 is 0. The van der Waals surface area contributed by atoms with Crippen molar-refractivity contribution >= 4 is 18.0 Å². The van der Waals surface area contributed by atoms with Gasteiger partial charge >= 0.3 is 18.0 Å². The first kappa shape index (κ1) is 29.2. The lowest BCUT2D eigenvalue weighted by Gasteiger charge is -2.18. The molecule has 0 radical (unpaired) electrons. The second-order valence-corrected chi connectivity index (χ2v) is 8.00. The minimum Gasteiger partial charge on any atom is -0.462 e. The van der Waals surface area contributed by atoms with Gasteiger partial charge in [0, 0.05) is 19.4 Å². The molecular formula is C24H45NO6. The van der Waals surface area contributed by atoms with E-state index in [4.69, 9.17) is 14.2 Å². The van der Waals surface area contributed by atoms with Crippen molar-refractivity contribution in [1.29, 1.82) is 0 Å². The van der Waals surface area contributed by atoms with Crippen molar-refractivity contribution in [3.05, 3.63) is 0 Å². The molecule has 0 aliphatic heterocycles. The summed E-state index contributed by atoms with van der Waals surface area (Å²) in [5.41, 5.74) is 0. The number of carbonyl (C=O) groups is 3. The van der Waals surface area contributed by atoms with Crippen LogP contribution in [0.4, 0.5) is 4.79 Å². The molecule has 1 unspecified atom stereocenters. The summed E-state index contributed by atoms with van der Waals surface area (Å²) in [6, 6.07) is 0. The molecule has 0 aliphatic rings. The third-order valence-corrected chi connectivity index (χ3v) is 4.90. The molecule has 0 saturated carbocycles. The molecule has 0 aliphatic carbocycles. The van der Waals surface area contributed by atoms with Gasteiger partial charge in [0.25, 0.3) is 0 Å². The average molecular weight is 444 g/mol. The highest BCUT2D eigenvalue weighted by Gasteiger charge is 2.19. The number of amides is 1. The van der Waals surface area contributed by atoms with Gasteiger partial charge in [-0.1, -0.05) is 78.6 Å². The molecule has 7 nitrogen and oxygen atoms in total. The van der Waals surface area contributed by atoms with Crippen LogP contribution in [-0.2, 0) is 23.8 Å². The van der Waals surface area contributed by atoms with Gasteiger partial charge in [0.15, 0.2) is 6.10 Å². The number of unbranched alkanes of at least 4 members (excludes halogenated alkanes) is 9. The van der Waals surface area contributed by atoms with E-state index < -0.39 is 12.2 Å². The van der Waals surface area contributed by atoms with Gasteiger partial charge in [0.05, 0.1) is 0 Å². The number of carbonyl (C=O) groups excluding carboxylic acids is 3. The van der Waals surface area contributed by atoms with Crippen molar-refractivity contribution in [2.75, 3.05) is 19.8 Å². The molecule has 0 heterocycles. The third-order valence-electron chi connectivity index (χ3n) is 4.90. The molecule has 1 N–H and O–H groups in total. The largest absolute Gasteiger partial charge is 0.462 e. The van der Waals surface area contributed by atoms with Crippen LogP contribution in [-0.4, -0.2) is 43.9 Å². The fourth-order valence-electron chi connectivity index (χ4n) is 2.95. The third kappa shape index (κ3) is 19.9. The van der Waals surface area contributed by atoms with E-state index in [0.717, 1.165) is 70.6 Å². The van der Waals surface area contributed by atoms with Crippen molar-refractivity contribution in [2.45, 2.75) is 117 Å². The number of nitrogens with one attached hydrogen (secondary N) is 1. The zero-order chi connectivity index (χ0) is 23.2. The van der Waals surface area contributed by atoms with Crippen LogP contribution < -0.4 is 5.32 Å². The van der Waals surface area contributed by atoms with Crippen LogP contribution in [0.5, 0.6) is 0 Å². The van der Waals surface area contributed by atoms with Crippen LogP contribution in [0.1, 0.15) is 111 Å². The van der Waals surface area contributed by atoms with E-state index >= 15 is 0 Å². The summed E-state index contributed by atoms with van der Waals surface area (Å²) in [6.07, 6.45) is 11.5. The van der Waals surface area contributed by atoms with Gasteiger partial charge in [-0.25, -0.2) is 4.79 Å². The predicted molar refractivity (Wildman–Crippen MR) is 122 cm³/mol. The maximum absolute atomic E-state index is 12.1. The minimum absolute atomic E-state index is 0.0996. The zero-order valence-corrected chi connectivity index (χ0v) is 20.0. The van der Waals surface area contributed by atoms with Crippen LogP contribution >= 0.6 is 0 Å². The molecule has 182 valence electrons. The Morgan fingerprint density at radius 1 is 0.645 bits per heavy atom. The summed E-state index contributed by atoms with van der Waals surface area (Å²) in [5.74, 6) is -0.670. The maximum Gasteiger partial charge on any atom is 0.407 e. The van der Waals surface area contributed by atoms with Crippen molar-refractivity contribution in [3.8, 4) is 0 Å². The standard InChI is InChI=1S/C24H45NO6/c1-4-7-10-12-14-16-22(26)29-19-21(20-30-24(28)25-18-9-6-3)31-23(27)17-15-13-11-8-5-2/h21H,4-20H2,1-3H3,(H,25,28). The summed E-state index contributed by atoms with van der Waals surface area (Å²) in [6.45, 7) is 6.62. The van der Waals surface area contributed by atoms with Crippen LogP contribution in [0.2, 0.25) is 0 Å². The van der Waals surface area contributed by atoms with Crippen molar-refractivity contribution in [3.63, 3.8) is 0 Å². The van der Waals surface area contributed by atoms with E-state index in [1.807, 2.05) is 6.92 Å². The number of ether oxygens (including phenoxy) is 3. The first-order valence-corrected chi connectivity index (χ1v) is 12.3. The number of alkyl carbamates (subject to hydrolysis) is 1. The SMILES string of the molecule is CCCCCCCC(=O)OCC(COC(=O)NCCCC)OC(=O)CCCCCCC. The van der Waals surface area contributed by atoms with Gasteiger partial charge in [0.2, 0.25) is 0 Å². The molecule has 0 saturated heterocycles. The monoisotopic (exact) mass is 443 g/mol. The van der Waals surface area contributed by atoms with E-state index in [1.54, 1.807) is 0 Å². The molecule has 0 spiro atoms. The Hall–Kier alpha value is -1.79. The molecule has 0 bridgehead atoms. The van der Waals surface area contributed by atoms with E-state index in [-0.39, 0.29) is 25.2 Å². The van der Waals surface area contributed by atoms with E-state index in [1.165, 1.54) is 6.42 Å². The molecular weight excluding hydrogens is 398 g/mol. The van der Waals surface area contributed by atoms with E-state index in [9.17, 15) is 14.4 Å². The molecule has 0 aromatic heterocycles. The van der Waals surface area contributed by atoms with Gasteiger partial charge in [-0.2, -0.15) is 0 Å². The topological polar surface area (TPSA) is 90.9 Å². The lowest BCUT2D eigenvalue weighted by Crippen LogP contribution is -2.34. The second kappa shape index (κ2) is 21.4. The highest BCUT2D eigenvalue weighted by molar-refractivity contribution is 5.70. The Morgan fingerprint density at radius 2 is 1.16 bits per heavy atom. The zero-order valence-electron chi connectivity index (χ0n) is 20.0. The minimum atomic E-state index is -0.788. The fourth-order valence-corrected chi connectivity index (χ4v) is 2.95. The van der Waals surface area contributed by atoms with Gasteiger partial charge < -0.3 is 19.5 Å². The first-order valence-electron chi connectivity index (χ1n) is 12.3. The van der Waals surface area contributed by atoms with Crippen LogP contribution in [0.3, 0.4) is 0 Å². The van der Waals surface area contributed by atoms with Crippen LogP contribution in [0.15, 0.2) is 0 Å². The number of esters is 2. The lowest BCUT2D eigenvalue weighted by molar-refractivity contribution is -0.161. The molecule has 1 amide bonds. The molecule has 0 rings (SSSR count). The number of rotatable bonds is 20. The van der Waals surface area contributed by atoms with E-state index in [2.05, 4.69) is 19.2 Å². The number of hydrogen-bond donors (Lipinski definition) is 1. The molecule has 0 aromatic rings. The van der Waals surface area contributed by atoms with Gasteiger partial charge in [-0.05, 0) is 19.3 Å². The maximum atomic E-state index is 12.1. The van der Waals surface area contributed by atoms with Crippen molar-refractivity contribution < 1.29 is 28.6 Å². The average Bonchev–Trinajstić information content (AvgIpc) is 2.75.